The van der Waals surface area contributed by atoms with Crippen LogP contribution in [0.4, 0.5) is 4.39 Å². The molecule has 2 aliphatic heterocycles. The third-order valence-electron chi connectivity index (χ3n) is 7.26. The first-order valence-corrected chi connectivity index (χ1v) is 12.1. The smallest absolute Gasteiger partial charge is 0.179 e. The van der Waals surface area contributed by atoms with Crippen LogP contribution in [0.15, 0.2) is 54.6 Å². The lowest BCUT2D eigenvalue weighted by molar-refractivity contribution is -0.00112. The summed E-state index contributed by atoms with van der Waals surface area (Å²) in [5.74, 6) is -0.198. The highest BCUT2D eigenvalue weighted by molar-refractivity contribution is 5.99. The van der Waals surface area contributed by atoms with Crippen LogP contribution < -0.4 is 5.73 Å². The molecule has 0 aromatic heterocycles. The molecule has 0 amide bonds. The molecule has 4 rings (SSSR count). The number of Topliss-reactive ketones (excluding diaryl/α,β-unsaturated/α-hetero) is 1. The number of likely N-dealkylation sites (tertiary alicyclic amines) is 1. The van der Waals surface area contributed by atoms with Gasteiger partial charge in [-0.05, 0) is 25.3 Å². The summed E-state index contributed by atoms with van der Waals surface area (Å²) in [6.07, 6.45) is 0.576. The van der Waals surface area contributed by atoms with E-state index in [-0.39, 0.29) is 17.6 Å². The summed E-state index contributed by atoms with van der Waals surface area (Å²) >= 11 is 0. The first-order valence-electron chi connectivity index (χ1n) is 12.1. The number of ether oxygens (including phenoxy) is 1. The van der Waals surface area contributed by atoms with Crippen LogP contribution in [0.1, 0.15) is 40.7 Å². The van der Waals surface area contributed by atoms with Crippen molar-refractivity contribution in [2.24, 2.45) is 5.73 Å². The molecule has 0 saturated carbocycles. The molecule has 2 heterocycles. The second kappa shape index (κ2) is 10.9. The molecule has 2 fully saturated rings. The molecular weight excluding hydrogens is 417 g/mol. The molecule has 0 spiro atoms. The van der Waals surface area contributed by atoms with E-state index in [0.29, 0.717) is 18.7 Å². The summed E-state index contributed by atoms with van der Waals surface area (Å²) in [4.78, 5) is 16.9. The molecule has 0 radical (unpaired) electrons. The molecule has 2 saturated heterocycles. The van der Waals surface area contributed by atoms with Crippen LogP contribution in [-0.2, 0) is 10.2 Å². The quantitative estimate of drug-likeness (QED) is 0.489. The summed E-state index contributed by atoms with van der Waals surface area (Å²) in [7, 11) is 0. The SMILES string of the molecule is Cc1cccc(C2(CN3CCOCC3)CCN(C(F)CC(N)C(=O)c3ccccc3)CC2)c1. The Bertz CT molecular complexity index is 909. The van der Waals surface area contributed by atoms with E-state index in [2.05, 4.69) is 36.1 Å². The van der Waals surface area contributed by atoms with E-state index in [1.54, 1.807) is 24.3 Å². The zero-order valence-electron chi connectivity index (χ0n) is 19.6. The average molecular weight is 454 g/mol. The number of benzene rings is 2. The second-order valence-electron chi connectivity index (χ2n) is 9.58. The van der Waals surface area contributed by atoms with Gasteiger partial charge in [-0.25, -0.2) is 4.39 Å². The van der Waals surface area contributed by atoms with Crippen LogP contribution in [-0.4, -0.2) is 73.9 Å². The van der Waals surface area contributed by atoms with Crippen LogP contribution in [0.5, 0.6) is 0 Å². The van der Waals surface area contributed by atoms with Gasteiger partial charge in [0, 0.05) is 50.1 Å². The van der Waals surface area contributed by atoms with E-state index in [9.17, 15) is 4.79 Å². The van der Waals surface area contributed by atoms with E-state index < -0.39 is 12.3 Å². The minimum absolute atomic E-state index is 0.00154. The minimum atomic E-state index is -1.22. The maximum atomic E-state index is 15.3. The topological polar surface area (TPSA) is 58.8 Å². The summed E-state index contributed by atoms with van der Waals surface area (Å²) in [6.45, 7) is 7.85. The van der Waals surface area contributed by atoms with Crippen molar-refractivity contribution >= 4 is 5.78 Å². The highest BCUT2D eigenvalue weighted by atomic mass is 19.1. The van der Waals surface area contributed by atoms with Crippen LogP contribution in [0.3, 0.4) is 0 Å². The number of hydrogen-bond acceptors (Lipinski definition) is 5. The van der Waals surface area contributed by atoms with Crippen LogP contribution in [0.25, 0.3) is 0 Å². The molecule has 2 aromatic rings. The third-order valence-corrected chi connectivity index (χ3v) is 7.26. The number of aryl methyl sites for hydroxylation is 1. The number of nitrogens with two attached hydrogens (primary N) is 1. The fraction of sp³-hybridized carbons (Fsp3) is 0.519. The minimum Gasteiger partial charge on any atom is -0.379 e. The Morgan fingerprint density at radius 3 is 2.42 bits per heavy atom. The van der Waals surface area contributed by atoms with Crippen molar-refractivity contribution in [2.45, 2.75) is 43.9 Å². The normalized spacial score (nSPS) is 21.4. The number of carbonyl (C=O) groups is 1. The van der Waals surface area contributed by atoms with Crippen LogP contribution in [0, 0.1) is 6.92 Å². The van der Waals surface area contributed by atoms with E-state index >= 15 is 4.39 Å². The summed E-state index contributed by atoms with van der Waals surface area (Å²) < 4.78 is 20.8. The van der Waals surface area contributed by atoms with Gasteiger partial charge in [0.1, 0.15) is 0 Å². The van der Waals surface area contributed by atoms with Gasteiger partial charge in [-0.15, -0.1) is 0 Å². The Hall–Kier alpha value is -2.12. The predicted molar refractivity (Wildman–Crippen MR) is 129 cm³/mol. The van der Waals surface area contributed by atoms with E-state index in [4.69, 9.17) is 10.5 Å². The van der Waals surface area contributed by atoms with Gasteiger partial charge < -0.3 is 10.5 Å². The van der Waals surface area contributed by atoms with Gasteiger partial charge in [0.15, 0.2) is 12.1 Å². The molecule has 33 heavy (non-hydrogen) atoms. The molecule has 2 aromatic carbocycles. The number of nitrogens with zero attached hydrogens (tertiary/aromatic N) is 2. The molecule has 0 bridgehead atoms. The van der Waals surface area contributed by atoms with Crippen molar-refractivity contribution in [3.63, 3.8) is 0 Å². The second-order valence-corrected chi connectivity index (χ2v) is 9.58. The maximum Gasteiger partial charge on any atom is 0.179 e. The standard InChI is InChI=1S/C27H36FN3O2/c1-21-6-5-9-23(18-21)27(20-30-14-16-33-17-15-30)10-12-31(13-11-27)25(28)19-24(29)26(32)22-7-3-2-4-8-22/h2-9,18,24-25H,10-17,19-20,29H2,1H3. The number of ketones is 1. The summed E-state index contributed by atoms with van der Waals surface area (Å²) in [6, 6.07) is 16.9. The van der Waals surface area contributed by atoms with Crippen molar-refractivity contribution in [2.75, 3.05) is 45.9 Å². The number of morpholine rings is 1. The van der Waals surface area contributed by atoms with Crippen molar-refractivity contribution in [1.82, 2.24) is 9.80 Å². The van der Waals surface area contributed by atoms with Crippen molar-refractivity contribution in [3.8, 4) is 0 Å². The molecule has 2 unspecified atom stereocenters. The number of rotatable bonds is 8. The third kappa shape index (κ3) is 5.87. The zero-order chi connectivity index (χ0) is 23.3. The fourth-order valence-electron chi connectivity index (χ4n) is 5.21. The number of piperidine rings is 1. The number of alkyl halides is 1. The molecule has 178 valence electrons. The fourth-order valence-corrected chi connectivity index (χ4v) is 5.21. The molecule has 5 nitrogen and oxygen atoms in total. The molecular formula is C27H36FN3O2. The van der Waals surface area contributed by atoms with Gasteiger partial charge in [-0.3, -0.25) is 14.6 Å². The maximum absolute atomic E-state index is 15.3. The van der Waals surface area contributed by atoms with E-state index in [0.717, 1.165) is 45.7 Å². The predicted octanol–water partition coefficient (Wildman–Crippen LogP) is 3.56. The molecule has 2 N–H and O–H groups in total. The molecule has 0 aliphatic carbocycles. The highest BCUT2D eigenvalue weighted by Gasteiger charge is 2.40. The number of hydrogen-bond donors (Lipinski definition) is 1. The Labute approximate surface area is 196 Å². The Kier molecular flexibility index (Phi) is 7.91. The lowest BCUT2D eigenvalue weighted by Gasteiger charge is -2.46. The monoisotopic (exact) mass is 453 g/mol. The van der Waals surface area contributed by atoms with Gasteiger partial charge >= 0.3 is 0 Å². The molecule has 6 heteroatoms. The van der Waals surface area contributed by atoms with E-state index in [1.165, 1.54) is 11.1 Å². The average Bonchev–Trinajstić information content (AvgIpc) is 2.85. The molecule has 2 aliphatic rings. The van der Waals surface area contributed by atoms with Crippen molar-refractivity contribution in [3.05, 3.63) is 71.3 Å². The number of halogens is 1. The van der Waals surface area contributed by atoms with Gasteiger partial charge in [-0.2, -0.15) is 0 Å². The van der Waals surface area contributed by atoms with Gasteiger partial charge in [0.05, 0.1) is 19.3 Å². The van der Waals surface area contributed by atoms with Crippen LogP contribution in [0.2, 0.25) is 0 Å². The first kappa shape index (κ1) is 24.0. The van der Waals surface area contributed by atoms with Crippen LogP contribution >= 0.6 is 0 Å². The van der Waals surface area contributed by atoms with Crippen molar-refractivity contribution in [1.29, 1.82) is 0 Å². The Morgan fingerprint density at radius 1 is 1.06 bits per heavy atom. The molecule has 2 atom stereocenters. The van der Waals surface area contributed by atoms with E-state index in [1.807, 2.05) is 11.0 Å². The highest BCUT2D eigenvalue weighted by Crippen LogP contribution is 2.38. The summed E-state index contributed by atoms with van der Waals surface area (Å²) in [5.41, 5.74) is 9.25. The van der Waals surface area contributed by atoms with Gasteiger partial charge in [0.2, 0.25) is 0 Å². The largest absolute Gasteiger partial charge is 0.379 e. The van der Waals surface area contributed by atoms with Crippen molar-refractivity contribution < 1.29 is 13.9 Å². The lowest BCUT2D eigenvalue weighted by atomic mass is 9.71. The zero-order valence-corrected chi connectivity index (χ0v) is 19.6. The first-order chi connectivity index (χ1) is 16.0. The summed E-state index contributed by atoms with van der Waals surface area (Å²) in [5, 5.41) is 0. The van der Waals surface area contributed by atoms with Gasteiger partial charge in [0.25, 0.3) is 0 Å². The lowest BCUT2D eigenvalue weighted by Crippen LogP contribution is -2.53. The van der Waals surface area contributed by atoms with Gasteiger partial charge in [-0.1, -0.05) is 60.2 Å². The Balaban J connectivity index is 1.41. The Morgan fingerprint density at radius 2 is 1.76 bits per heavy atom. The number of carbonyl (C=O) groups excluding carboxylic acids is 1.